The number of nitrogens with one attached hydrogen (secondary N) is 1. The summed E-state index contributed by atoms with van der Waals surface area (Å²) in [5, 5.41) is 12.3. The summed E-state index contributed by atoms with van der Waals surface area (Å²) in [5.41, 5.74) is 2.18. The van der Waals surface area contributed by atoms with Crippen molar-refractivity contribution in [1.29, 1.82) is 0 Å². The van der Waals surface area contributed by atoms with Gasteiger partial charge in [-0.05, 0) is 41.8 Å². The van der Waals surface area contributed by atoms with Gasteiger partial charge in [-0.2, -0.15) is 0 Å². The molecule has 0 bridgehead atoms. The zero-order valence-corrected chi connectivity index (χ0v) is 18.9. The summed E-state index contributed by atoms with van der Waals surface area (Å²) in [6, 6.07) is 16.9. The Kier molecular flexibility index (Phi) is 5.54. The number of thioether (sulfide) groups is 1. The Morgan fingerprint density at radius 2 is 1.90 bits per heavy atom. The van der Waals surface area contributed by atoms with E-state index in [1.54, 1.807) is 12.1 Å². The number of rotatable bonds is 5. The average Bonchev–Trinajstić information content (AvgIpc) is 3.40. The molecule has 0 aliphatic heterocycles. The lowest BCUT2D eigenvalue weighted by Gasteiger charge is -2.11. The SMILES string of the molecule is O=c1[nH]c(CSc2nnc(-c3ccc(Cl)cc3Cl)n2-c2ccccc2)nc2ccsc12. The van der Waals surface area contributed by atoms with Gasteiger partial charge in [0.2, 0.25) is 0 Å². The highest BCUT2D eigenvalue weighted by molar-refractivity contribution is 7.98. The molecule has 0 saturated heterocycles. The van der Waals surface area contributed by atoms with Crippen LogP contribution >= 0.6 is 46.3 Å². The third-order valence-corrected chi connectivity index (χ3v) is 6.91. The minimum Gasteiger partial charge on any atom is -0.309 e. The topological polar surface area (TPSA) is 76.5 Å². The number of aromatic nitrogens is 5. The van der Waals surface area contributed by atoms with Gasteiger partial charge < -0.3 is 4.98 Å². The van der Waals surface area contributed by atoms with Crippen LogP contribution in [-0.4, -0.2) is 24.7 Å². The highest BCUT2D eigenvalue weighted by Gasteiger charge is 2.19. The summed E-state index contributed by atoms with van der Waals surface area (Å²) in [6.07, 6.45) is 0. The second kappa shape index (κ2) is 8.47. The number of thiophene rings is 1. The van der Waals surface area contributed by atoms with Crippen LogP contribution in [0.2, 0.25) is 10.0 Å². The van der Waals surface area contributed by atoms with E-state index in [1.807, 2.05) is 52.4 Å². The number of para-hydroxylation sites is 1. The van der Waals surface area contributed by atoms with Gasteiger partial charge in [0.1, 0.15) is 10.5 Å². The van der Waals surface area contributed by atoms with Gasteiger partial charge in [0.25, 0.3) is 5.56 Å². The van der Waals surface area contributed by atoms with Crippen molar-refractivity contribution in [3.63, 3.8) is 0 Å². The molecule has 0 atom stereocenters. The number of aromatic amines is 1. The molecule has 5 aromatic rings. The van der Waals surface area contributed by atoms with Crippen LogP contribution in [0.25, 0.3) is 27.3 Å². The Morgan fingerprint density at radius 3 is 2.71 bits per heavy atom. The van der Waals surface area contributed by atoms with Crippen LogP contribution < -0.4 is 5.56 Å². The van der Waals surface area contributed by atoms with Crippen molar-refractivity contribution < 1.29 is 0 Å². The maximum atomic E-state index is 12.3. The zero-order chi connectivity index (χ0) is 21.4. The monoisotopic (exact) mass is 485 g/mol. The van der Waals surface area contributed by atoms with Gasteiger partial charge in [0.05, 0.1) is 16.3 Å². The smallest absolute Gasteiger partial charge is 0.268 e. The van der Waals surface area contributed by atoms with E-state index >= 15 is 0 Å². The molecule has 10 heteroatoms. The molecule has 31 heavy (non-hydrogen) atoms. The average molecular weight is 486 g/mol. The van der Waals surface area contributed by atoms with Crippen LogP contribution in [0.3, 0.4) is 0 Å². The molecule has 0 amide bonds. The predicted octanol–water partition coefficient (Wildman–Crippen LogP) is 5.83. The Balaban J connectivity index is 1.55. The second-order valence-electron chi connectivity index (χ2n) is 6.54. The van der Waals surface area contributed by atoms with Gasteiger partial charge in [0.15, 0.2) is 11.0 Å². The number of benzene rings is 2. The molecule has 3 heterocycles. The molecule has 3 aromatic heterocycles. The third-order valence-electron chi connectivity index (χ3n) is 4.52. The van der Waals surface area contributed by atoms with Gasteiger partial charge in [-0.15, -0.1) is 21.5 Å². The van der Waals surface area contributed by atoms with Crippen molar-refractivity contribution in [3.8, 4) is 17.1 Å². The molecular formula is C21H13Cl2N5OS2. The fourth-order valence-corrected chi connectivity index (χ4v) is 5.18. The summed E-state index contributed by atoms with van der Waals surface area (Å²) in [7, 11) is 0. The van der Waals surface area contributed by atoms with Crippen molar-refractivity contribution in [2.45, 2.75) is 10.9 Å². The van der Waals surface area contributed by atoms with Crippen LogP contribution in [-0.2, 0) is 5.75 Å². The Labute approximate surface area is 194 Å². The first-order valence-electron chi connectivity index (χ1n) is 9.15. The molecule has 0 fully saturated rings. The van der Waals surface area contributed by atoms with Crippen LogP contribution in [0.1, 0.15) is 5.82 Å². The molecule has 0 spiro atoms. The first-order valence-corrected chi connectivity index (χ1v) is 11.8. The number of fused-ring (bicyclic) bond motifs is 1. The van der Waals surface area contributed by atoms with Crippen LogP contribution in [0.5, 0.6) is 0 Å². The largest absolute Gasteiger partial charge is 0.309 e. The lowest BCUT2D eigenvalue weighted by Crippen LogP contribution is -2.09. The minimum atomic E-state index is -0.131. The molecule has 0 aliphatic carbocycles. The number of nitrogens with zero attached hydrogens (tertiary/aromatic N) is 4. The van der Waals surface area contributed by atoms with E-state index in [0.29, 0.717) is 42.8 Å². The Hall–Kier alpha value is -2.65. The molecule has 0 radical (unpaired) electrons. The van der Waals surface area contributed by atoms with E-state index in [-0.39, 0.29) is 5.56 Å². The number of hydrogen-bond acceptors (Lipinski definition) is 6. The van der Waals surface area contributed by atoms with Crippen molar-refractivity contribution in [3.05, 3.63) is 86.2 Å². The van der Waals surface area contributed by atoms with Gasteiger partial charge in [-0.3, -0.25) is 9.36 Å². The molecule has 0 aliphatic rings. The molecule has 6 nitrogen and oxygen atoms in total. The number of halogens is 2. The van der Waals surface area contributed by atoms with Crippen LogP contribution in [0.15, 0.2) is 69.9 Å². The minimum absolute atomic E-state index is 0.131. The van der Waals surface area contributed by atoms with E-state index in [1.165, 1.54) is 23.1 Å². The molecular weight excluding hydrogens is 473 g/mol. The van der Waals surface area contributed by atoms with Crippen molar-refractivity contribution in [1.82, 2.24) is 24.7 Å². The first kappa shape index (κ1) is 20.3. The third kappa shape index (κ3) is 3.99. The molecule has 0 saturated carbocycles. The van der Waals surface area contributed by atoms with E-state index < -0.39 is 0 Å². The zero-order valence-electron chi connectivity index (χ0n) is 15.8. The fourth-order valence-electron chi connectivity index (χ4n) is 3.14. The van der Waals surface area contributed by atoms with Gasteiger partial charge in [0, 0.05) is 16.3 Å². The summed E-state index contributed by atoms with van der Waals surface area (Å²) in [6.45, 7) is 0. The molecule has 0 unspecified atom stereocenters. The summed E-state index contributed by atoms with van der Waals surface area (Å²) >= 11 is 15.3. The van der Waals surface area contributed by atoms with E-state index in [2.05, 4.69) is 20.2 Å². The highest BCUT2D eigenvalue weighted by atomic mass is 35.5. The standard InChI is InChI=1S/C21H13Cl2N5OS2/c22-12-6-7-14(15(23)10-12)19-26-27-21(28(19)13-4-2-1-3-5-13)31-11-17-24-16-8-9-30-18(16)20(29)25-17/h1-10H,11H2,(H,24,25,29). The molecule has 1 N–H and O–H groups in total. The maximum absolute atomic E-state index is 12.3. The maximum Gasteiger partial charge on any atom is 0.268 e. The lowest BCUT2D eigenvalue weighted by molar-refractivity contribution is 0.883. The number of H-pyrrole nitrogens is 1. The van der Waals surface area contributed by atoms with Crippen molar-refractivity contribution in [2.75, 3.05) is 0 Å². The Morgan fingerprint density at radius 1 is 1.06 bits per heavy atom. The first-order chi connectivity index (χ1) is 15.1. The van der Waals surface area contributed by atoms with Crippen LogP contribution in [0.4, 0.5) is 0 Å². The lowest BCUT2D eigenvalue weighted by atomic mass is 10.2. The van der Waals surface area contributed by atoms with E-state index in [4.69, 9.17) is 23.2 Å². The molecule has 154 valence electrons. The second-order valence-corrected chi connectivity index (χ2v) is 9.24. The number of hydrogen-bond donors (Lipinski definition) is 1. The molecule has 2 aromatic carbocycles. The van der Waals surface area contributed by atoms with Crippen molar-refractivity contribution >= 4 is 56.5 Å². The van der Waals surface area contributed by atoms with Gasteiger partial charge >= 0.3 is 0 Å². The molecule has 5 rings (SSSR count). The van der Waals surface area contributed by atoms with Crippen LogP contribution in [0, 0.1) is 0 Å². The van der Waals surface area contributed by atoms with Gasteiger partial charge in [-0.25, -0.2) is 4.98 Å². The van der Waals surface area contributed by atoms with E-state index in [9.17, 15) is 4.79 Å². The predicted molar refractivity (Wildman–Crippen MR) is 127 cm³/mol. The fraction of sp³-hybridized carbons (Fsp3) is 0.0476. The van der Waals surface area contributed by atoms with E-state index in [0.717, 1.165) is 11.3 Å². The normalized spacial score (nSPS) is 11.3. The quantitative estimate of drug-likeness (QED) is 0.316. The summed E-state index contributed by atoms with van der Waals surface area (Å²) < 4.78 is 2.56. The highest BCUT2D eigenvalue weighted by Crippen LogP contribution is 2.34. The summed E-state index contributed by atoms with van der Waals surface area (Å²) in [5.74, 6) is 1.61. The van der Waals surface area contributed by atoms with Gasteiger partial charge in [-0.1, -0.05) is 53.2 Å². The van der Waals surface area contributed by atoms with Crippen molar-refractivity contribution in [2.24, 2.45) is 0 Å². The Bertz CT molecular complexity index is 1450. The summed E-state index contributed by atoms with van der Waals surface area (Å²) in [4.78, 5) is 19.7.